The molecule has 26 heavy (non-hydrogen) atoms. The molecule has 1 aromatic carbocycles. The minimum Gasteiger partial charge on any atom is -0.341 e. The Balaban J connectivity index is 1.58. The summed E-state index contributed by atoms with van der Waals surface area (Å²) in [5.41, 5.74) is 2.29. The lowest BCUT2D eigenvalue weighted by Gasteiger charge is -2.36. The lowest BCUT2D eigenvalue weighted by molar-refractivity contribution is -0.137. The standard InChI is InChI=1S/C21H30N4O/c1-17-7-4-5-8-19(17)20(23(2)3)21(26)24-14-9-18(10-15-24)11-16-25-13-6-12-22-25/h4-8,12-13,18,20H,9-11,14-16H2,1-3H3. The summed E-state index contributed by atoms with van der Waals surface area (Å²) < 4.78 is 2.00. The number of hydrogen-bond donors (Lipinski definition) is 0. The van der Waals surface area contributed by atoms with E-state index in [0.717, 1.165) is 44.5 Å². The Morgan fingerprint density at radius 2 is 1.96 bits per heavy atom. The van der Waals surface area contributed by atoms with Crippen molar-refractivity contribution in [1.29, 1.82) is 0 Å². The van der Waals surface area contributed by atoms with Gasteiger partial charge in [0.1, 0.15) is 6.04 Å². The van der Waals surface area contributed by atoms with E-state index in [2.05, 4.69) is 29.1 Å². The van der Waals surface area contributed by atoms with Crippen molar-refractivity contribution >= 4 is 5.91 Å². The molecule has 5 heteroatoms. The van der Waals surface area contributed by atoms with Gasteiger partial charge in [-0.25, -0.2) is 0 Å². The van der Waals surface area contributed by atoms with Crippen molar-refractivity contribution in [2.24, 2.45) is 5.92 Å². The first-order valence-electron chi connectivity index (χ1n) is 9.54. The molecule has 2 aromatic rings. The van der Waals surface area contributed by atoms with Gasteiger partial charge in [-0.2, -0.15) is 5.10 Å². The average molecular weight is 354 g/mol. The molecule has 1 unspecified atom stereocenters. The van der Waals surface area contributed by atoms with Gasteiger partial charge in [0.05, 0.1) is 0 Å². The summed E-state index contributed by atoms with van der Waals surface area (Å²) >= 11 is 0. The number of aryl methyl sites for hydroxylation is 2. The second kappa shape index (κ2) is 8.49. The number of likely N-dealkylation sites (N-methyl/N-ethyl adjacent to an activating group) is 1. The Kier molecular flexibility index (Phi) is 6.09. The van der Waals surface area contributed by atoms with Crippen LogP contribution >= 0.6 is 0 Å². The van der Waals surface area contributed by atoms with Crippen LogP contribution in [0.15, 0.2) is 42.7 Å². The molecule has 1 fully saturated rings. The van der Waals surface area contributed by atoms with E-state index in [-0.39, 0.29) is 11.9 Å². The molecule has 0 spiro atoms. The van der Waals surface area contributed by atoms with E-state index in [0.29, 0.717) is 5.92 Å². The van der Waals surface area contributed by atoms with Crippen LogP contribution in [0.5, 0.6) is 0 Å². The number of nitrogens with zero attached hydrogens (tertiary/aromatic N) is 4. The van der Waals surface area contributed by atoms with Gasteiger partial charge in [0.15, 0.2) is 0 Å². The molecule has 1 aliphatic rings. The number of piperidine rings is 1. The van der Waals surface area contributed by atoms with Crippen molar-refractivity contribution in [2.45, 2.75) is 38.8 Å². The molecule has 1 aliphatic heterocycles. The van der Waals surface area contributed by atoms with Crippen LogP contribution in [-0.4, -0.2) is 52.7 Å². The second-order valence-corrected chi connectivity index (χ2v) is 7.55. The second-order valence-electron chi connectivity index (χ2n) is 7.55. The summed E-state index contributed by atoms with van der Waals surface area (Å²) in [5.74, 6) is 0.911. The van der Waals surface area contributed by atoms with E-state index in [9.17, 15) is 4.79 Å². The van der Waals surface area contributed by atoms with Gasteiger partial charge in [-0.1, -0.05) is 24.3 Å². The summed E-state index contributed by atoms with van der Waals surface area (Å²) in [4.78, 5) is 17.3. The van der Waals surface area contributed by atoms with E-state index in [4.69, 9.17) is 0 Å². The smallest absolute Gasteiger partial charge is 0.244 e. The van der Waals surface area contributed by atoms with Gasteiger partial charge in [0.25, 0.3) is 0 Å². The first-order chi connectivity index (χ1) is 12.6. The van der Waals surface area contributed by atoms with Crippen molar-refractivity contribution in [1.82, 2.24) is 19.6 Å². The number of benzene rings is 1. The SMILES string of the molecule is Cc1ccccc1C(C(=O)N1CCC(CCn2cccn2)CC1)N(C)C. The fourth-order valence-electron chi connectivity index (χ4n) is 3.89. The van der Waals surface area contributed by atoms with E-state index in [1.807, 2.05) is 54.3 Å². The first-order valence-corrected chi connectivity index (χ1v) is 9.54. The van der Waals surface area contributed by atoms with Crippen LogP contribution in [0, 0.1) is 12.8 Å². The maximum atomic E-state index is 13.2. The van der Waals surface area contributed by atoms with E-state index in [1.54, 1.807) is 0 Å². The largest absolute Gasteiger partial charge is 0.341 e. The van der Waals surface area contributed by atoms with Crippen LogP contribution < -0.4 is 0 Å². The molecule has 1 atom stereocenters. The third-order valence-electron chi connectivity index (χ3n) is 5.49. The van der Waals surface area contributed by atoms with Gasteiger partial charge >= 0.3 is 0 Å². The Labute approximate surface area is 156 Å². The molecule has 140 valence electrons. The van der Waals surface area contributed by atoms with Gasteiger partial charge < -0.3 is 4.90 Å². The van der Waals surface area contributed by atoms with Crippen LogP contribution in [0.2, 0.25) is 0 Å². The molecule has 0 saturated carbocycles. The Morgan fingerprint density at radius 3 is 2.58 bits per heavy atom. The molecular formula is C21H30N4O. The highest BCUT2D eigenvalue weighted by molar-refractivity contribution is 5.83. The lowest BCUT2D eigenvalue weighted by atomic mass is 9.92. The highest BCUT2D eigenvalue weighted by Gasteiger charge is 2.31. The van der Waals surface area contributed by atoms with Gasteiger partial charge in [-0.15, -0.1) is 0 Å². The van der Waals surface area contributed by atoms with Crippen LogP contribution in [0.4, 0.5) is 0 Å². The van der Waals surface area contributed by atoms with Gasteiger partial charge in [0, 0.05) is 32.0 Å². The number of carbonyl (C=O) groups excluding carboxylic acids is 1. The highest BCUT2D eigenvalue weighted by atomic mass is 16.2. The average Bonchev–Trinajstić information content (AvgIpc) is 3.15. The number of likely N-dealkylation sites (tertiary alicyclic amines) is 1. The number of hydrogen-bond acceptors (Lipinski definition) is 3. The molecule has 1 aromatic heterocycles. The maximum Gasteiger partial charge on any atom is 0.244 e. The number of carbonyl (C=O) groups is 1. The normalized spacial score (nSPS) is 16.8. The predicted molar refractivity (Wildman–Crippen MR) is 104 cm³/mol. The van der Waals surface area contributed by atoms with Crippen molar-refractivity contribution in [3.63, 3.8) is 0 Å². The van der Waals surface area contributed by atoms with Crippen LogP contribution in [0.25, 0.3) is 0 Å². The lowest BCUT2D eigenvalue weighted by Crippen LogP contribution is -2.44. The van der Waals surface area contributed by atoms with Gasteiger partial charge in [0.2, 0.25) is 5.91 Å². The van der Waals surface area contributed by atoms with E-state index < -0.39 is 0 Å². The zero-order chi connectivity index (χ0) is 18.5. The fourth-order valence-corrected chi connectivity index (χ4v) is 3.89. The van der Waals surface area contributed by atoms with Gasteiger partial charge in [-0.05, 0) is 63.4 Å². The molecule has 1 amide bonds. The third kappa shape index (κ3) is 4.33. The summed E-state index contributed by atoms with van der Waals surface area (Å²) in [7, 11) is 3.98. The van der Waals surface area contributed by atoms with Crippen molar-refractivity contribution in [3.05, 3.63) is 53.9 Å². The van der Waals surface area contributed by atoms with E-state index in [1.165, 1.54) is 5.56 Å². The maximum absolute atomic E-state index is 13.2. The zero-order valence-electron chi connectivity index (χ0n) is 16.1. The predicted octanol–water partition coefficient (Wildman–Crippen LogP) is 3.12. The molecule has 0 radical (unpaired) electrons. The van der Waals surface area contributed by atoms with Crippen LogP contribution in [0.1, 0.15) is 36.4 Å². The van der Waals surface area contributed by atoms with E-state index >= 15 is 0 Å². The first kappa shape index (κ1) is 18.6. The molecule has 2 heterocycles. The topological polar surface area (TPSA) is 41.4 Å². The van der Waals surface area contributed by atoms with Crippen LogP contribution in [0.3, 0.4) is 0 Å². The van der Waals surface area contributed by atoms with Gasteiger partial charge in [-0.3, -0.25) is 14.4 Å². The van der Waals surface area contributed by atoms with Crippen molar-refractivity contribution < 1.29 is 4.79 Å². The van der Waals surface area contributed by atoms with Crippen LogP contribution in [-0.2, 0) is 11.3 Å². The summed E-state index contributed by atoms with van der Waals surface area (Å²) in [5, 5.41) is 4.27. The zero-order valence-corrected chi connectivity index (χ0v) is 16.1. The van der Waals surface area contributed by atoms with Crippen molar-refractivity contribution in [3.8, 4) is 0 Å². The fraction of sp³-hybridized carbons (Fsp3) is 0.524. The number of aromatic nitrogens is 2. The molecular weight excluding hydrogens is 324 g/mol. The molecule has 0 aliphatic carbocycles. The number of amides is 1. The molecule has 1 saturated heterocycles. The minimum absolute atomic E-state index is 0.197. The number of rotatable bonds is 6. The Bertz CT molecular complexity index is 703. The summed E-state index contributed by atoms with van der Waals surface area (Å²) in [6.45, 7) is 4.77. The highest BCUT2D eigenvalue weighted by Crippen LogP contribution is 2.27. The third-order valence-corrected chi connectivity index (χ3v) is 5.49. The molecule has 0 bridgehead atoms. The minimum atomic E-state index is -0.197. The molecule has 5 nitrogen and oxygen atoms in total. The Morgan fingerprint density at radius 1 is 1.23 bits per heavy atom. The van der Waals surface area contributed by atoms with Crippen molar-refractivity contribution in [2.75, 3.05) is 27.2 Å². The summed E-state index contributed by atoms with van der Waals surface area (Å²) in [6, 6.07) is 9.98. The molecule has 3 rings (SSSR count). The summed E-state index contributed by atoms with van der Waals surface area (Å²) in [6.07, 6.45) is 7.15. The monoisotopic (exact) mass is 354 g/mol. The molecule has 0 N–H and O–H groups in total. The Hall–Kier alpha value is -2.14. The quantitative estimate of drug-likeness (QED) is 0.800.